The molecule has 1 heterocycles. The molecule has 3 nitrogen and oxygen atoms in total. The molecule has 24 heavy (non-hydrogen) atoms. The lowest BCUT2D eigenvalue weighted by Crippen LogP contribution is -2.29. The summed E-state index contributed by atoms with van der Waals surface area (Å²) in [7, 11) is 0. The van der Waals surface area contributed by atoms with E-state index in [4.69, 9.17) is 10.00 Å². The highest BCUT2D eigenvalue weighted by molar-refractivity contribution is 5.67. The van der Waals surface area contributed by atoms with Crippen molar-refractivity contribution in [2.75, 3.05) is 11.9 Å². The fourth-order valence-electron chi connectivity index (χ4n) is 3.96. The van der Waals surface area contributed by atoms with Crippen LogP contribution in [0.2, 0.25) is 0 Å². The molecule has 0 unspecified atom stereocenters. The van der Waals surface area contributed by atoms with Crippen LogP contribution in [0, 0.1) is 17.2 Å². The van der Waals surface area contributed by atoms with E-state index in [1.165, 1.54) is 11.1 Å². The first-order valence-corrected chi connectivity index (χ1v) is 8.50. The van der Waals surface area contributed by atoms with Crippen molar-refractivity contribution in [3.63, 3.8) is 0 Å². The maximum atomic E-state index is 9.02. The Morgan fingerprint density at radius 2 is 2.04 bits per heavy atom. The third-order valence-electron chi connectivity index (χ3n) is 5.06. The predicted octanol–water partition coefficient (Wildman–Crippen LogP) is 4.78. The molecule has 0 bridgehead atoms. The van der Waals surface area contributed by atoms with Crippen LogP contribution < -0.4 is 10.1 Å². The third-order valence-corrected chi connectivity index (χ3v) is 5.06. The summed E-state index contributed by atoms with van der Waals surface area (Å²) in [5.74, 6) is 1.84. The van der Waals surface area contributed by atoms with Crippen LogP contribution in [-0.2, 0) is 0 Å². The molecule has 3 heteroatoms. The van der Waals surface area contributed by atoms with Crippen LogP contribution in [0.4, 0.5) is 5.69 Å². The Morgan fingerprint density at radius 3 is 2.79 bits per heavy atom. The molecule has 0 spiro atoms. The molecule has 2 aromatic rings. The fraction of sp³-hybridized carbons (Fsp3) is 0.286. The summed E-state index contributed by atoms with van der Waals surface area (Å²) in [5.41, 5.74) is 4.36. The van der Waals surface area contributed by atoms with E-state index in [2.05, 4.69) is 47.8 Å². The lowest BCUT2D eigenvalue weighted by molar-refractivity contribution is 0.337. The number of nitrogens with zero attached hydrogens (tertiary/aromatic N) is 1. The Labute approximate surface area is 142 Å². The van der Waals surface area contributed by atoms with E-state index in [-0.39, 0.29) is 6.04 Å². The van der Waals surface area contributed by atoms with Crippen molar-refractivity contribution in [3.05, 3.63) is 71.3 Å². The van der Waals surface area contributed by atoms with Crippen molar-refractivity contribution in [2.24, 2.45) is 5.92 Å². The normalized spacial score (nSPS) is 23.8. The van der Waals surface area contributed by atoms with Crippen LogP contribution in [-0.4, -0.2) is 6.61 Å². The van der Waals surface area contributed by atoms with E-state index >= 15 is 0 Å². The van der Waals surface area contributed by atoms with Gasteiger partial charge in [0.2, 0.25) is 0 Å². The molecule has 0 aromatic heterocycles. The molecule has 0 radical (unpaired) electrons. The number of nitriles is 1. The highest BCUT2D eigenvalue weighted by Crippen LogP contribution is 2.52. The van der Waals surface area contributed by atoms with E-state index in [9.17, 15) is 0 Å². The number of anilines is 1. The second kappa shape index (κ2) is 6.05. The number of hydrogen-bond acceptors (Lipinski definition) is 3. The van der Waals surface area contributed by atoms with Crippen LogP contribution in [0.1, 0.15) is 42.0 Å². The van der Waals surface area contributed by atoms with Gasteiger partial charge in [-0.05, 0) is 48.6 Å². The van der Waals surface area contributed by atoms with Gasteiger partial charge in [-0.2, -0.15) is 5.26 Å². The minimum atomic E-state index is 0.229. The monoisotopic (exact) mass is 316 g/mol. The van der Waals surface area contributed by atoms with Crippen molar-refractivity contribution in [3.8, 4) is 11.8 Å². The Kier molecular flexibility index (Phi) is 3.74. The van der Waals surface area contributed by atoms with Crippen molar-refractivity contribution >= 4 is 5.69 Å². The molecule has 0 amide bonds. The number of fused-ring (bicyclic) bond motifs is 3. The molecule has 0 saturated heterocycles. The maximum absolute atomic E-state index is 9.02. The summed E-state index contributed by atoms with van der Waals surface area (Å²) in [5, 5.41) is 12.8. The van der Waals surface area contributed by atoms with Crippen molar-refractivity contribution in [1.82, 2.24) is 0 Å². The number of hydrogen-bond donors (Lipinski definition) is 1. The Bertz CT molecular complexity index is 817. The number of benzene rings is 2. The first-order chi connectivity index (χ1) is 11.8. The molecule has 0 fully saturated rings. The van der Waals surface area contributed by atoms with E-state index in [1.807, 2.05) is 25.1 Å². The van der Waals surface area contributed by atoms with Gasteiger partial charge in [-0.3, -0.25) is 0 Å². The zero-order chi connectivity index (χ0) is 16.5. The fourth-order valence-corrected chi connectivity index (χ4v) is 3.96. The summed E-state index contributed by atoms with van der Waals surface area (Å²) < 4.78 is 5.84. The molecule has 4 rings (SSSR count). The number of rotatable bonds is 3. The van der Waals surface area contributed by atoms with Crippen molar-refractivity contribution in [1.29, 1.82) is 5.26 Å². The SMILES string of the molecule is CCOc1cccc2c1N[C@@H](c1ccc(C#N)cc1)[C@H]1CC=C[C@@H]21. The minimum Gasteiger partial charge on any atom is -0.492 e. The first kappa shape index (κ1) is 14.8. The van der Waals surface area contributed by atoms with Crippen LogP contribution >= 0.6 is 0 Å². The minimum absolute atomic E-state index is 0.229. The lowest BCUT2D eigenvalue weighted by Gasteiger charge is -2.38. The first-order valence-electron chi connectivity index (χ1n) is 8.50. The van der Waals surface area contributed by atoms with Gasteiger partial charge in [0.1, 0.15) is 5.75 Å². The van der Waals surface area contributed by atoms with Crippen LogP contribution in [0.25, 0.3) is 0 Å². The smallest absolute Gasteiger partial charge is 0.142 e. The second-order valence-electron chi connectivity index (χ2n) is 6.36. The van der Waals surface area contributed by atoms with Gasteiger partial charge in [0.25, 0.3) is 0 Å². The molecule has 2 aliphatic rings. The highest BCUT2D eigenvalue weighted by Gasteiger charge is 2.38. The van der Waals surface area contributed by atoms with Crippen LogP contribution in [0.5, 0.6) is 5.75 Å². The van der Waals surface area contributed by atoms with Gasteiger partial charge in [0.05, 0.1) is 30.0 Å². The number of nitrogens with one attached hydrogen (secondary N) is 1. The van der Waals surface area contributed by atoms with E-state index in [0.717, 1.165) is 17.9 Å². The Hall–Kier alpha value is -2.73. The van der Waals surface area contributed by atoms with Crippen LogP contribution in [0.3, 0.4) is 0 Å². The quantitative estimate of drug-likeness (QED) is 0.829. The lowest BCUT2D eigenvalue weighted by atomic mass is 9.77. The van der Waals surface area contributed by atoms with Gasteiger partial charge < -0.3 is 10.1 Å². The molecule has 120 valence electrons. The predicted molar refractivity (Wildman–Crippen MR) is 95.1 cm³/mol. The number of para-hydroxylation sites is 1. The standard InChI is InChI=1S/C21H20N2O/c1-2-24-19-8-4-7-18-16-5-3-6-17(16)20(23-21(18)19)15-11-9-14(13-22)10-12-15/h3-5,7-12,16-17,20,23H,2,6H2,1H3/t16-,17+,20+/m1/s1. The Morgan fingerprint density at radius 1 is 1.21 bits per heavy atom. The zero-order valence-corrected chi connectivity index (χ0v) is 13.7. The van der Waals surface area contributed by atoms with Gasteiger partial charge in [-0.15, -0.1) is 0 Å². The summed E-state index contributed by atoms with van der Waals surface area (Å²) in [6.07, 6.45) is 5.69. The Balaban J connectivity index is 1.77. The molecular formula is C21H20N2O. The topological polar surface area (TPSA) is 45.0 Å². The molecule has 2 aromatic carbocycles. The number of ether oxygens (including phenoxy) is 1. The molecule has 1 N–H and O–H groups in total. The molecule has 1 aliphatic carbocycles. The van der Waals surface area contributed by atoms with Crippen molar-refractivity contribution < 1.29 is 4.74 Å². The summed E-state index contributed by atoms with van der Waals surface area (Å²) >= 11 is 0. The molecule has 0 saturated carbocycles. The maximum Gasteiger partial charge on any atom is 0.142 e. The van der Waals surface area contributed by atoms with E-state index in [0.29, 0.717) is 24.0 Å². The average molecular weight is 316 g/mol. The zero-order valence-electron chi connectivity index (χ0n) is 13.7. The van der Waals surface area contributed by atoms with Crippen molar-refractivity contribution in [2.45, 2.75) is 25.3 Å². The summed E-state index contributed by atoms with van der Waals surface area (Å²) in [6.45, 7) is 2.67. The van der Waals surface area contributed by atoms with Gasteiger partial charge in [0, 0.05) is 5.92 Å². The molecular weight excluding hydrogens is 296 g/mol. The molecule has 1 aliphatic heterocycles. The second-order valence-corrected chi connectivity index (χ2v) is 6.36. The number of allylic oxidation sites excluding steroid dienone is 2. The third kappa shape index (κ3) is 2.35. The average Bonchev–Trinajstić information content (AvgIpc) is 3.12. The van der Waals surface area contributed by atoms with Gasteiger partial charge in [-0.25, -0.2) is 0 Å². The highest BCUT2D eigenvalue weighted by atomic mass is 16.5. The van der Waals surface area contributed by atoms with Crippen LogP contribution in [0.15, 0.2) is 54.6 Å². The summed E-state index contributed by atoms with van der Waals surface area (Å²) in [4.78, 5) is 0. The van der Waals surface area contributed by atoms with Gasteiger partial charge in [-0.1, -0.05) is 36.4 Å². The van der Waals surface area contributed by atoms with Gasteiger partial charge >= 0.3 is 0 Å². The van der Waals surface area contributed by atoms with E-state index in [1.54, 1.807) is 0 Å². The summed E-state index contributed by atoms with van der Waals surface area (Å²) in [6, 6.07) is 16.7. The van der Waals surface area contributed by atoms with Gasteiger partial charge in [0.15, 0.2) is 0 Å². The largest absolute Gasteiger partial charge is 0.492 e. The van der Waals surface area contributed by atoms with E-state index < -0.39 is 0 Å². The molecule has 3 atom stereocenters.